The van der Waals surface area contributed by atoms with Gasteiger partial charge in [0.05, 0.1) is 0 Å². The summed E-state index contributed by atoms with van der Waals surface area (Å²) < 4.78 is 13.3. The minimum atomic E-state index is -0.238. The highest BCUT2D eigenvalue weighted by Gasteiger charge is 2.02. The summed E-state index contributed by atoms with van der Waals surface area (Å²) in [4.78, 5) is 10.7. The van der Waals surface area contributed by atoms with Gasteiger partial charge in [0, 0.05) is 18.0 Å². The molecular weight excluding hydrogens is 229 g/mol. The fourth-order valence-corrected chi connectivity index (χ4v) is 1.54. The smallest absolute Gasteiger partial charge is 0.131 e. The van der Waals surface area contributed by atoms with Crippen LogP contribution in [0.1, 0.15) is 18.9 Å². The monoisotopic (exact) mass is 243 g/mol. The van der Waals surface area contributed by atoms with Crippen molar-refractivity contribution in [2.45, 2.75) is 19.8 Å². The third kappa shape index (κ3) is 4.73. The molecule has 0 aliphatic heterocycles. The molecule has 0 aliphatic rings. The molecule has 4 heteroatoms. The van der Waals surface area contributed by atoms with Crippen LogP contribution in [0.15, 0.2) is 18.2 Å². The number of nitrogens with one attached hydrogen (secondary N) is 1. The number of carbonyl (C=O) groups is 1. The molecule has 0 fully saturated rings. The summed E-state index contributed by atoms with van der Waals surface area (Å²) in [6, 6.07) is 4.53. The molecule has 2 nitrogen and oxygen atoms in total. The lowest BCUT2D eigenvalue weighted by Gasteiger charge is -2.05. The summed E-state index contributed by atoms with van der Waals surface area (Å²) >= 11 is 5.77. The molecule has 0 atom stereocenters. The van der Waals surface area contributed by atoms with Gasteiger partial charge >= 0.3 is 0 Å². The number of hydrogen-bond acceptors (Lipinski definition) is 2. The number of ketones is 1. The van der Waals surface area contributed by atoms with E-state index in [-0.39, 0.29) is 11.6 Å². The van der Waals surface area contributed by atoms with Crippen molar-refractivity contribution >= 4 is 17.4 Å². The van der Waals surface area contributed by atoms with Crippen molar-refractivity contribution < 1.29 is 9.18 Å². The molecule has 0 amide bonds. The zero-order valence-corrected chi connectivity index (χ0v) is 9.98. The lowest BCUT2D eigenvalue weighted by molar-refractivity contribution is -0.116. The van der Waals surface area contributed by atoms with Crippen LogP contribution in [0.25, 0.3) is 0 Å². The third-order valence-corrected chi connectivity index (χ3v) is 2.47. The van der Waals surface area contributed by atoms with Gasteiger partial charge in [-0.2, -0.15) is 0 Å². The quantitative estimate of drug-likeness (QED) is 0.779. The van der Waals surface area contributed by atoms with Crippen molar-refractivity contribution in [1.82, 2.24) is 5.32 Å². The minimum absolute atomic E-state index is 0.154. The molecule has 0 heterocycles. The summed E-state index contributed by atoms with van der Waals surface area (Å²) in [6.45, 7) is 2.83. The first kappa shape index (κ1) is 13.1. The zero-order valence-electron chi connectivity index (χ0n) is 9.22. The fraction of sp³-hybridized carbons (Fsp3) is 0.417. The standard InChI is InChI=1S/C12H15ClFNO/c1-9(16)4-6-15-7-5-10-8-11(13)2-3-12(10)14/h2-3,8,15H,4-7H2,1H3. The largest absolute Gasteiger partial charge is 0.316 e. The van der Waals surface area contributed by atoms with Crippen molar-refractivity contribution in [3.05, 3.63) is 34.6 Å². The van der Waals surface area contributed by atoms with Crippen LogP contribution in [0.4, 0.5) is 4.39 Å². The molecule has 0 spiro atoms. The number of hydrogen-bond donors (Lipinski definition) is 1. The minimum Gasteiger partial charge on any atom is -0.316 e. The van der Waals surface area contributed by atoms with E-state index in [2.05, 4.69) is 5.32 Å². The first-order valence-corrected chi connectivity index (χ1v) is 5.61. The SMILES string of the molecule is CC(=O)CCNCCc1cc(Cl)ccc1F. The summed E-state index contributed by atoms with van der Waals surface area (Å²) in [5.74, 6) is -0.0841. The lowest BCUT2D eigenvalue weighted by atomic mass is 10.1. The predicted octanol–water partition coefficient (Wildman–Crippen LogP) is 2.59. The normalized spacial score (nSPS) is 10.4. The van der Waals surface area contributed by atoms with Crippen LogP contribution >= 0.6 is 11.6 Å². The van der Waals surface area contributed by atoms with E-state index >= 15 is 0 Å². The highest BCUT2D eigenvalue weighted by Crippen LogP contribution is 2.14. The second kappa shape index (κ2) is 6.61. The second-order valence-corrected chi connectivity index (χ2v) is 4.12. The van der Waals surface area contributed by atoms with Crippen molar-refractivity contribution in [3.63, 3.8) is 0 Å². The van der Waals surface area contributed by atoms with E-state index in [1.54, 1.807) is 13.0 Å². The van der Waals surface area contributed by atoms with Gasteiger partial charge in [0.15, 0.2) is 0 Å². The molecule has 16 heavy (non-hydrogen) atoms. The Bertz CT molecular complexity index is 368. The van der Waals surface area contributed by atoms with Crippen molar-refractivity contribution in [1.29, 1.82) is 0 Å². The number of carbonyl (C=O) groups excluding carboxylic acids is 1. The summed E-state index contributed by atoms with van der Waals surface area (Å²) in [5, 5.41) is 3.62. The second-order valence-electron chi connectivity index (χ2n) is 3.69. The Morgan fingerprint density at radius 2 is 2.19 bits per heavy atom. The van der Waals surface area contributed by atoms with Crippen molar-refractivity contribution in [2.75, 3.05) is 13.1 Å². The Labute approximate surface area is 99.8 Å². The van der Waals surface area contributed by atoms with Gasteiger partial charge in [-0.15, -0.1) is 0 Å². The summed E-state index contributed by atoms with van der Waals surface area (Å²) in [7, 11) is 0. The van der Waals surface area contributed by atoms with Crippen LogP contribution in [0.3, 0.4) is 0 Å². The van der Waals surface area contributed by atoms with Crippen LogP contribution in [-0.2, 0) is 11.2 Å². The Morgan fingerprint density at radius 1 is 1.44 bits per heavy atom. The Balaban J connectivity index is 2.31. The first-order chi connectivity index (χ1) is 7.59. The van der Waals surface area contributed by atoms with Gasteiger partial charge in [-0.1, -0.05) is 11.6 Å². The summed E-state index contributed by atoms with van der Waals surface area (Å²) in [6.07, 6.45) is 1.09. The molecule has 0 radical (unpaired) electrons. The zero-order chi connectivity index (χ0) is 12.0. The highest BCUT2D eigenvalue weighted by atomic mass is 35.5. The van der Waals surface area contributed by atoms with Crippen molar-refractivity contribution in [2.24, 2.45) is 0 Å². The van der Waals surface area contributed by atoms with Gasteiger partial charge in [-0.25, -0.2) is 4.39 Å². The molecule has 0 unspecified atom stereocenters. The highest BCUT2D eigenvalue weighted by molar-refractivity contribution is 6.30. The Morgan fingerprint density at radius 3 is 2.88 bits per heavy atom. The topological polar surface area (TPSA) is 29.1 Å². The molecule has 1 aromatic carbocycles. The predicted molar refractivity (Wildman–Crippen MR) is 63.3 cm³/mol. The van der Waals surface area contributed by atoms with Gasteiger partial charge in [0.2, 0.25) is 0 Å². The van der Waals surface area contributed by atoms with Gasteiger partial charge in [-0.3, -0.25) is 4.79 Å². The molecule has 0 bridgehead atoms. The average Bonchev–Trinajstić information content (AvgIpc) is 2.22. The Kier molecular flexibility index (Phi) is 5.43. The maximum absolute atomic E-state index is 13.3. The van der Waals surface area contributed by atoms with Crippen LogP contribution in [0.2, 0.25) is 5.02 Å². The molecule has 1 N–H and O–H groups in total. The molecule has 1 rings (SSSR count). The Hall–Kier alpha value is -0.930. The molecule has 88 valence electrons. The van der Waals surface area contributed by atoms with Crippen LogP contribution in [0, 0.1) is 5.82 Å². The molecule has 0 aliphatic carbocycles. The van der Waals surface area contributed by atoms with E-state index in [4.69, 9.17) is 11.6 Å². The maximum Gasteiger partial charge on any atom is 0.131 e. The van der Waals surface area contributed by atoms with E-state index < -0.39 is 0 Å². The van der Waals surface area contributed by atoms with E-state index in [0.29, 0.717) is 36.5 Å². The fourth-order valence-electron chi connectivity index (χ4n) is 1.35. The molecule has 0 aromatic heterocycles. The van der Waals surface area contributed by atoms with Gasteiger partial charge in [0.25, 0.3) is 0 Å². The first-order valence-electron chi connectivity index (χ1n) is 5.23. The van der Waals surface area contributed by atoms with Gasteiger partial charge in [-0.05, 0) is 43.7 Å². The number of benzene rings is 1. The number of halogens is 2. The van der Waals surface area contributed by atoms with Crippen LogP contribution < -0.4 is 5.32 Å². The van der Waals surface area contributed by atoms with E-state index in [1.165, 1.54) is 12.1 Å². The lowest BCUT2D eigenvalue weighted by Crippen LogP contribution is -2.20. The third-order valence-electron chi connectivity index (χ3n) is 2.23. The van der Waals surface area contributed by atoms with Crippen molar-refractivity contribution in [3.8, 4) is 0 Å². The van der Waals surface area contributed by atoms with E-state index in [9.17, 15) is 9.18 Å². The number of Topliss-reactive ketones (excluding diaryl/α,β-unsaturated/α-hetero) is 1. The number of rotatable bonds is 6. The van der Waals surface area contributed by atoms with Gasteiger partial charge in [0.1, 0.15) is 11.6 Å². The summed E-state index contributed by atoms with van der Waals surface area (Å²) in [5.41, 5.74) is 0.600. The van der Waals surface area contributed by atoms with Gasteiger partial charge < -0.3 is 5.32 Å². The van der Waals surface area contributed by atoms with E-state index in [1.807, 2.05) is 0 Å². The van der Waals surface area contributed by atoms with Crippen LogP contribution in [0.5, 0.6) is 0 Å². The average molecular weight is 244 g/mol. The maximum atomic E-state index is 13.3. The molecule has 1 aromatic rings. The van der Waals surface area contributed by atoms with Crippen LogP contribution in [-0.4, -0.2) is 18.9 Å². The molecule has 0 saturated heterocycles. The van der Waals surface area contributed by atoms with E-state index in [0.717, 1.165) is 0 Å². The molecular formula is C12H15ClFNO. The molecule has 0 saturated carbocycles.